The molecule has 1 aromatic heterocycles. The zero-order valence-corrected chi connectivity index (χ0v) is 11.6. The number of hydrogen-bond donors (Lipinski definition) is 2. The van der Waals surface area contributed by atoms with E-state index in [0.717, 1.165) is 5.56 Å². The third-order valence-electron chi connectivity index (χ3n) is 2.89. The smallest absolute Gasteiger partial charge is 0.251 e. The van der Waals surface area contributed by atoms with Crippen LogP contribution in [0.1, 0.15) is 34.0 Å². The first-order chi connectivity index (χ1) is 9.70. The van der Waals surface area contributed by atoms with Crippen LogP contribution >= 0.6 is 11.3 Å². The van der Waals surface area contributed by atoms with E-state index in [9.17, 15) is 9.90 Å². The fourth-order valence-corrected chi connectivity index (χ4v) is 2.49. The van der Waals surface area contributed by atoms with Crippen LogP contribution in [-0.4, -0.2) is 17.6 Å². The number of rotatable bonds is 5. The van der Waals surface area contributed by atoms with Gasteiger partial charge in [0.1, 0.15) is 0 Å². The van der Waals surface area contributed by atoms with Crippen molar-refractivity contribution in [2.75, 3.05) is 6.54 Å². The van der Waals surface area contributed by atoms with E-state index < -0.39 is 6.10 Å². The molecule has 1 aromatic carbocycles. The van der Waals surface area contributed by atoms with Gasteiger partial charge in [-0.25, -0.2) is 0 Å². The lowest BCUT2D eigenvalue weighted by atomic mass is 10.1. The van der Waals surface area contributed by atoms with Crippen LogP contribution in [0.3, 0.4) is 0 Å². The number of amides is 1. The van der Waals surface area contributed by atoms with Crippen molar-refractivity contribution in [2.24, 2.45) is 0 Å². The van der Waals surface area contributed by atoms with Crippen LogP contribution in [0.5, 0.6) is 0 Å². The van der Waals surface area contributed by atoms with Crippen molar-refractivity contribution in [2.45, 2.75) is 12.5 Å². The van der Waals surface area contributed by atoms with E-state index in [1.54, 1.807) is 24.3 Å². The number of aliphatic hydroxyl groups excluding tert-OH is 1. The SMILES string of the molecule is N#Cc1cccc(C(=O)NCCC(O)c2ccsc2)c1. The largest absolute Gasteiger partial charge is 0.388 e. The van der Waals surface area contributed by atoms with Crippen molar-refractivity contribution in [1.29, 1.82) is 5.26 Å². The Morgan fingerprint density at radius 3 is 3.00 bits per heavy atom. The van der Waals surface area contributed by atoms with Crippen molar-refractivity contribution in [1.82, 2.24) is 5.32 Å². The second-order valence-corrected chi connectivity index (χ2v) is 5.09. The third kappa shape index (κ3) is 3.67. The van der Waals surface area contributed by atoms with Gasteiger partial charge in [-0.3, -0.25) is 4.79 Å². The normalized spacial score (nSPS) is 11.6. The topological polar surface area (TPSA) is 73.1 Å². The van der Waals surface area contributed by atoms with E-state index in [4.69, 9.17) is 5.26 Å². The molecule has 0 radical (unpaired) electrons. The van der Waals surface area contributed by atoms with Crippen molar-refractivity contribution >= 4 is 17.2 Å². The van der Waals surface area contributed by atoms with Crippen LogP contribution in [0.4, 0.5) is 0 Å². The first-order valence-electron chi connectivity index (χ1n) is 6.19. The highest BCUT2D eigenvalue weighted by atomic mass is 32.1. The Labute approximate surface area is 121 Å². The molecule has 4 nitrogen and oxygen atoms in total. The molecule has 0 bridgehead atoms. The molecule has 5 heteroatoms. The number of benzene rings is 1. The molecular formula is C15H14N2O2S. The summed E-state index contributed by atoms with van der Waals surface area (Å²) in [4.78, 5) is 11.9. The minimum absolute atomic E-state index is 0.236. The molecule has 1 atom stereocenters. The molecule has 2 N–H and O–H groups in total. The molecule has 0 spiro atoms. The summed E-state index contributed by atoms with van der Waals surface area (Å²) in [6, 6.07) is 10.4. The van der Waals surface area contributed by atoms with Gasteiger partial charge in [-0.2, -0.15) is 16.6 Å². The van der Waals surface area contributed by atoms with Gasteiger partial charge in [-0.15, -0.1) is 0 Å². The molecule has 0 saturated heterocycles. The summed E-state index contributed by atoms with van der Waals surface area (Å²) in [6.45, 7) is 0.382. The molecule has 20 heavy (non-hydrogen) atoms. The van der Waals surface area contributed by atoms with Crippen LogP contribution in [0, 0.1) is 11.3 Å². The number of aliphatic hydroxyl groups is 1. The quantitative estimate of drug-likeness (QED) is 0.886. The summed E-state index contributed by atoms with van der Waals surface area (Å²) >= 11 is 1.53. The van der Waals surface area contributed by atoms with Gasteiger partial charge in [0.15, 0.2) is 0 Å². The van der Waals surface area contributed by atoms with E-state index in [0.29, 0.717) is 24.1 Å². The van der Waals surface area contributed by atoms with Crippen molar-refractivity contribution in [3.8, 4) is 6.07 Å². The van der Waals surface area contributed by atoms with Gasteiger partial charge in [-0.05, 0) is 47.0 Å². The molecule has 1 unspecified atom stereocenters. The fourth-order valence-electron chi connectivity index (χ4n) is 1.79. The Balaban J connectivity index is 1.85. The van der Waals surface area contributed by atoms with Crippen LogP contribution in [0.2, 0.25) is 0 Å². The summed E-state index contributed by atoms with van der Waals surface area (Å²) in [7, 11) is 0. The minimum atomic E-state index is -0.563. The van der Waals surface area contributed by atoms with E-state index in [1.165, 1.54) is 11.3 Å². The molecular weight excluding hydrogens is 272 g/mol. The van der Waals surface area contributed by atoms with Gasteiger partial charge in [0, 0.05) is 12.1 Å². The molecule has 2 rings (SSSR count). The third-order valence-corrected chi connectivity index (χ3v) is 3.59. The van der Waals surface area contributed by atoms with E-state index in [1.807, 2.05) is 22.9 Å². The van der Waals surface area contributed by atoms with Gasteiger partial charge >= 0.3 is 0 Å². The van der Waals surface area contributed by atoms with Crippen LogP contribution < -0.4 is 5.32 Å². The number of carbonyl (C=O) groups is 1. The Hall–Kier alpha value is -2.16. The summed E-state index contributed by atoms with van der Waals surface area (Å²) in [5, 5.41) is 25.2. The highest BCUT2D eigenvalue weighted by molar-refractivity contribution is 7.07. The molecule has 0 saturated carbocycles. The molecule has 102 valence electrons. The van der Waals surface area contributed by atoms with Crippen molar-refractivity contribution in [3.63, 3.8) is 0 Å². The summed E-state index contributed by atoms with van der Waals surface area (Å²) in [5.74, 6) is -0.236. The lowest BCUT2D eigenvalue weighted by molar-refractivity contribution is 0.0942. The summed E-state index contributed by atoms with van der Waals surface area (Å²) in [5.41, 5.74) is 1.78. The maximum atomic E-state index is 11.9. The van der Waals surface area contributed by atoms with Gasteiger partial charge in [0.25, 0.3) is 5.91 Å². The molecule has 1 heterocycles. The number of carbonyl (C=O) groups excluding carboxylic acids is 1. The average Bonchev–Trinajstić information content (AvgIpc) is 3.01. The van der Waals surface area contributed by atoms with Gasteiger partial charge in [-0.1, -0.05) is 6.07 Å². The van der Waals surface area contributed by atoms with Crippen LogP contribution in [0.25, 0.3) is 0 Å². The highest BCUT2D eigenvalue weighted by Crippen LogP contribution is 2.18. The van der Waals surface area contributed by atoms with Crippen molar-refractivity contribution in [3.05, 3.63) is 57.8 Å². The molecule has 0 fully saturated rings. The van der Waals surface area contributed by atoms with E-state index in [2.05, 4.69) is 5.32 Å². The maximum Gasteiger partial charge on any atom is 0.251 e. The zero-order valence-electron chi connectivity index (χ0n) is 10.7. The molecule has 2 aromatic rings. The number of nitriles is 1. The predicted molar refractivity (Wildman–Crippen MR) is 77.4 cm³/mol. The van der Waals surface area contributed by atoms with E-state index >= 15 is 0 Å². The molecule has 0 aliphatic carbocycles. The molecule has 0 aliphatic heterocycles. The van der Waals surface area contributed by atoms with E-state index in [-0.39, 0.29) is 5.91 Å². The summed E-state index contributed by atoms with van der Waals surface area (Å²) in [6.07, 6.45) is -0.104. The lowest BCUT2D eigenvalue weighted by Crippen LogP contribution is -2.25. The Kier molecular flexibility index (Phi) is 4.88. The molecule has 0 aliphatic rings. The molecule has 1 amide bonds. The number of thiophene rings is 1. The fraction of sp³-hybridized carbons (Fsp3) is 0.200. The monoisotopic (exact) mass is 286 g/mol. The number of nitrogens with one attached hydrogen (secondary N) is 1. The Bertz CT molecular complexity index is 617. The zero-order chi connectivity index (χ0) is 14.4. The lowest BCUT2D eigenvalue weighted by Gasteiger charge is -2.10. The average molecular weight is 286 g/mol. The van der Waals surface area contributed by atoms with Gasteiger partial charge in [0.05, 0.1) is 17.7 Å². The van der Waals surface area contributed by atoms with Gasteiger partial charge in [0.2, 0.25) is 0 Å². The van der Waals surface area contributed by atoms with Crippen LogP contribution in [0.15, 0.2) is 41.1 Å². The standard InChI is InChI=1S/C15H14N2O2S/c16-9-11-2-1-3-12(8-11)15(19)17-6-4-14(18)13-5-7-20-10-13/h1-3,5,7-8,10,14,18H,4,6H2,(H,17,19). The Morgan fingerprint density at radius 1 is 1.45 bits per heavy atom. The maximum absolute atomic E-state index is 11.9. The van der Waals surface area contributed by atoms with Gasteiger partial charge < -0.3 is 10.4 Å². The minimum Gasteiger partial charge on any atom is -0.388 e. The first-order valence-corrected chi connectivity index (χ1v) is 7.13. The Morgan fingerprint density at radius 2 is 2.30 bits per heavy atom. The first kappa shape index (κ1) is 14.3. The summed E-state index contributed by atoms with van der Waals surface area (Å²) < 4.78 is 0. The van der Waals surface area contributed by atoms with Crippen molar-refractivity contribution < 1.29 is 9.90 Å². The second kappa shape index (κ2) is 6.85. The number of nitrogens with zero attached hydrogens (tertiary/aromatic N) is 1. The second-order valence-electron chi connectivity index (χ2n) is 4.31. The van der Waals surface area contributed by atoms with Crippen LogP contribution in [-0.2, 0) is 0 Å². The highest BCUT2D eigenvalue weighted by Gasteiger charge is 2.10. The number of hydrogen-bond acceptors (Lipinski definition) is 4. The predicted octanol–water partition coefficient (Wildman–Crippen LogP) is 2.47.